The van der Waals surface area contributed by atoms with Crippen LogP contribution in [-0.2, 0) is 4.79 Å². The topological polar surface area (TPSA) is 63.6 Å². The van der Waals surface area contributed by atoms with E-state index in [1.54, 1.807) is 12.1 Å². The molecule has 1 rings (SSSR count). The maximum absolute atomic E-state index is 10.9. The molecule has 0 amide bonds. The van der Waals surface area contributed by atoms with Crippen molar-refractivity contribution in [2.75, 3.05) is 12.9 Å². The first-order valence-electron chi connectivity index (χ1n) is 5.08. The Morgan fingerprint density at radius 1 is 1.44 bits per heavy atom. The number of aromatic carboxylic acids is 1. The van der Waals surface area contributed by atoms with Gasteiger partial charge in [0.05, 0.1) is 12.9 Å². The lowest BCUT2D eigenvalue weighted by Gasteiger charge is -2.04. The van der Waals surface area contributed by atoms with Gasteiger partial charge in [0.25, 0.3) is 0 Å². The highest BCUT2D eigenvalue weighted by Gasteiger charge is 2.10. The van der Waals surface area contributed by atoms with Crippen LogP contribution in [0.3, 0.4) is 0 Å². The van der Waals surface area contributed by atoms with Gasteiger partial charge in [-0.1, -0.05) is 23.6 Å². The Balaban J connectivity index is 2.85. The molecule has 1 N–H and O–H groups in total. The van der Waals surface area contributed by atoms with Gasteiger partial charge in [-0.25, -0.2) is 4.79 Å². The molecule has 0 aliphatic heterocycles. The molecule has 5 heteroatoms. The van der Waals surface area contributed by atoms with Crippen LogP contribution in [0, 0.1) is 11.8 Å². The monoisotopic (exact) mass is 264 g/mol. The van der Waals surface area contributed by atoms with Crippen LogP contribution in [0.1, 0.15) is 22.8 Å². The number of hydrogen-bond donors (Lipinski definition) is 1. The molecule has 4 nitrogen and oxygen atoms in total. The van der Waals surface area contributed by atoms with E-state index < -0.39 is 5.97 Å². The number of carbonyl (C=O) groups is 2. The molecule has 0 fully saturated rings. The van der Waals surface area contributed by atoms with Crippen LogP contribution >= 0.6 is 11.8 Å². The number of benzene rings is 1. The minimum absolute atomic E-state index is 0.0168. The lowest BCUT2D eigenvalue weighted by molar-refractivity contribution is -0.109. The molecular weight excluding hydrogens is 252 g/mol. The average Bonchev–Trinajstić information content (AvgIpc) is 2.33. The van der Waals surface area contributed by atoms with Crippen molar-refractivity contribution in [2.45, 2.75) is 6.92 Å². The Morgan fingerprint density at radius 2 is 2.17 bits per heavy atom. The fourth-order valence-electron chi connectivity index (χ4n) is 1.22. The summed E-state index contributed by atoms with van der Waals surface area (Å²) in [5.41, 5.74) is 0.752. The Labute approximate surface area is 109 Å². The van der Waals surface area contributed by atoms with Crippen molar-refractivity contribution in [3.05, 3.63) is 29.3 Å². The van der Waals surface area contributed by atoms with Crippen molar-refractivity contribution in [1.82, 2.24) is 0 Å². The summed E-state index contributed by atoms with van der Waals surface area (Å²) in [6.07, 6.45) is 0. The highest BCUT2D eigenvalue weighted by molar-refractivity contribution is 8.13. The van der Waals surface area contributed by atoms with Crippen LogP contribution in [-0.4, -0.2) is 29.1 Å². The maximum Gasteiger partial charge on any atom is 0.339 e. The quantitative estimate of drug-likeness (QED) is 0.846. The molecule has 1 aromatic rings. The van der Waals surface area contributed by atoms with Crippen LogP contribution in [0.15, 0.2) is 18.2 Å². The highest BCUT2D eigenvalue weighted by Crippen LogP contribution is 2.19. The third-order valence-electron chi connectivity index (χ3n) is 2.01. The standard InChI is InChI=1S/C13H12O4S/c1-9(14)18-7-3-4-10-5-6-11(13(15)16)12(8-10)17-2/h5-6,8H,7H2,1-2H3,(H,15,16). The Bertz CT molecular complexity index is 526. The van der Waals surface area contributed by atoms with Crippen molar-refractivity contribution in [1.29, 1.82) is 0 Å². The van der Waals surface area contributed by atoms with Crippen molar-refractivity contribution in [3.8, 4) is 17.6 Å². The fourth-order valence-corrected chi connectivity index (χ4v) is 1.57. The summed E-state index contributed by atoms with van der Waals surface area (Å²) in [5.74, 6) is 5.31. The molecule has 1 aromatic carbocycles. The highest BCUT2D eigenvalue weighted by atomic mass is 32.2. The number of carboxylic acid groups (broad SMARTS) is 1. The van der Waals surface area contributed by atoms with Crippen molar-refractivity contribution in [2.24, 2.45) is 0 Å². The molecule has 0 saturated carbocycles. The van der Waals surface area contributed by atoms with Crippen LogP contribution in [0.2, 0.25) is 0 Å². The van der Waals surface area contributed by atoms with E-state index in [0.717, 1.165) is 11.8 Å². The zero-order chi connectivity index (χ0) is 13.5. The number of carbonyl (C=O) groups excluding carboxylic acids is 1. The Hall–Kier alpha value is -1.93. The summed E-state index contributed by atoms with van der Waals surface area (Å²) >= 11 is 1.13. The molecule has 0 aromatic heterocycles. The second-order valence-corrected chi connectivity index (χ2v) is 4.45. The lowest BCUT2D eigenvalue weighted by atomic mass is 10.1. The number of methoxy groups -OCH3 is 1. The van der Waals surface area contributed by atoms with Gasteiger partial charge in [-0.15, -0.1) is 0 Å². The zero-order valence-corrected chi connectivity index (χ0v) is 10.8. The largest absolute Gasteiger partial charge is 0.496 e. The molecule has 0 spiro atoms. The van der Waals surface area contributed by atoms with E-state index in [0.29, 0.717) is 11.3 Å². The first-order chi connectivity index (χ1) is 8.54. The van der Waals surface area contributed by atoms with Gasteiger partial charge in [0.15, 0.2) is 5.12 Å². The molecule has 0 aliphatic rings. The van der Waals surface area contributed by atoms with Gasteiger partial charge in [0.2, 0.25) is 0 Å². The number of rotatable bonds is 3. The van der Waals surface area contributed by atoms with Crippen LogP contribution in [0.25, 0.3) is 0 Å². The number of hydrogen-bond acceptors (Lipinski definition) is 4. The van der Waals surface area contributed by atoms with Crippen LogP contribution in [0.4, 0.5) is 0 Å². The normalized spacial score (nSPS) is 9.22. The van der Waals surface area contributed by atoms with Crippen LogP contribution in [0.5, 0.6) is 5.75 Å². The lowest BCUT2D eigenvalue weighted by Crippen LogP contribution is -2.00. The summed E-state index contributed by atoms with van der Waals surface area (Å²) in [7, 11) is 1.41. The van der Waals surface area contributed by atoms with Crippen LogP contribution < -0.4 is 4.74 Å². The fraction of sp³-hybridized carbons (Fsp3) is 0.231. The van der Waals surface area contributed by atoms with Crippen molar-refractivity contribution < 1.29 is 19.4 Å². The molecule has 18 heavy (non-hydrogen) atoms. The van der Waals surface area contributed by atoms with Gasteiger partial charge in [0.1, 0.15) is 11.3 Å². The molecule has 0 atom stereocenters. The molecule has 0 aliphatic carbocycles. The summed E-state index contributed by atoms with van der Waals surface area (Å²) in [6.45, 7) is 1.48. The molecule has 94 valence electrons. The predicted octanol–water partition coefficient (Wildman–Crippen LogP) is 2.02. The van der Waals surface area contributed by atoms with Gasteiger partial charge >= 0.3 is 5.97 Å². The third kappa shape index (κ3) is 4.15. The van der Waals surface area contributed by atoms with E-state index in [-0.39, 0.29) is 16.4 Å². The maximum atomic E-state index is 10.9. The summed E-state index contributed by atoms with van der Waals surface area (Å²) in [5, 5.41) is 8.92. The van der Waals surface area contributed by atoms with Gasteiger partial charge in [-0.05, 0) is 18.2 Å². The number of ether oxygens (including phenoxy) is 1. The summed E-state index contributed by atoms with van der Waals surface area (Å²) in [6, 6.07) is 4.62. The SMILES string of the molecule is COc1cc(C#CCSC(C)=O)ccc1C(=O)O. The van der Waals surface area contributed by atoms with E-state index in [2.05, 4.69) is 11.8 Å². The first kappa shape index (κ1) is 14.1. The molecule has 0 radical (unpaired) electrons. The Morgan fingerprint density at radius 3 is 2.72 bits per heavy atom. The zero-order valence-electron chi connectivity index (χ0n) is 10.0. The second-order valence-electron chi connectivity index (χ2n) is 3.30. The minimum atomic E-state index is -1.04. The average molecular weight is 264 g/mol. The smallest absolute Gasteiger partial charge is 0.339 e. The van der Waals surface area contributed by atoms with Gasteiger partial charge in [-0.3, -0.25) is 4.79 Å². The molecular formula is C13H12O4S. The summed E-state index contributed by atoms with van der Waals surface area (Å²) < 4.78 is 4.98. The third-order valence-corrected chi connectivity index (χ3v) is 2.71. The second kappa shape index (κ2) is 6.72. The predicted molar refractivity (Wildman–Crippen MR) is 70.0 cm³/mol. The summed E-state index contributed by atoms with van der Waals surface area (Å²) in [4.78, 5) is 21.6. The number of thioether (sulfide) groups is 1. The molecule has 0 bridgehead atoms. The van der Waals surface area contributed by atoms with E-state index in [1.165, 1.54) is 20.1 Å². The molecule has 0 heterocycles. The van der Waals surface area contributed by atoms with Crippen molar-refractivity contribution in [3.63, 3.8) is 0 Å². The van der Waals surface area contributed by atoms with E-state index in [4.69, 9.17) is 9.84 Å². The first-order valence-corrected chi connectivity index (χ1v) is 6.06. The minimum Gasteiger partial charge on any atom is -0.496 e. The van der Waals surface area contributed by atoms with Gasteiger partial charge in [0, 0.05) is 12.5 Å². The van der Waals surface area contributed by atoms with E-state index in [1.807, 2.05) is 0 Å². The van der Waals surface area contributed by atoms with Gasteiger partial charge < -0.3 is 9.84 Å². The number of carboxylic acids is 1. The van der Waals surface area contributed by atoms with Crippen molar-refractivity contribution >= 4 is 22.8 Å². The molecule has 0 saturated heterocycles. The molecule has 0 unspecified atom stereocenters. The van der Waals surface area contributed by atoms with E-state index in [9.17, 15) is 9.59 Å². The Kier molecular flexibility index (Phi) is 5.28. The van der Waals surface area contributed by atoms with E-state index >= 15 is 0 Å². The van der Waals surface area contributed by atoms with Gasteiger partial charge in [-0.2, -0.15) is 0 Å².